The molecule has 0 spiro atoms. The summed E-state index contributed by atoms with van der Waals surface area (Å²) in [4.78, 5) is 4.58. The Bertz CT molecular complexity index is 351. The molecule has 0 aromatic carbocycles. The van der Waals surface area contributed by atoms with Crippen LogP contribution in [0.2, 0.25) is 0 Å². The van der Waals surface area contributed by atoms with E-state index in [1.165, 1.54) is 38.5 Å². The van der Waals surface area contributed by atoms with Crippen molar-refractivity contribution in [2.45, 2.75) is 63.8 Å². The lowest BCUT2D eigenvalue weighted by Crippen LogP contribution is -2.33. The molecule has 1 fully saturated rings. The molecule has 4 nitrogen and oxygen atoms in total. The molecule has 96 valence electrons. The Hall–Kier alpha value is -0.900. The minimum absolute atomic E-state index is 0.240. The molecular formula is C13H23N3O. The highest BCUT2D eigenvalue weighted by atomic mass is 16.5. The van der Waals surface area contributed by atoms with Gasteiger partial charge in [0.25, 0.3) is 0 Å². The average Bonchev–Trinajstić information content (AvgIpc) is 2.67. The van der Waals surface area contributed by atoms with Crippen molar-refractivity contribution < 1.29 is 4.52 Å². The van der Waals surface area contributed by atoms with Crippen LogP contribution in [0.5, 0.6) is 0 Å². The summed E-state index contributed by atoms with van der Waals surface area (Å²) >= 11 is 0. The van der Waals surface area contributed by atoms with Gasteiger partial charge in [0, 0.05) is 5.92 Å². The minimum Gasteiger partial charge on any atom is -0.337 e. The van der Waals surface area contributed by atoms with Gasteiger partial charge in [0.1, 0.15) is 0 Å². The molecular weight excluding hydrogens is 214 g/mol. The van der Waals surface area contributed by atoms with Crippen LogP contribution in [0, 0.1) is 0 Å². The van der Waals surface area contributed by atoms with E-state index in [2.05, 4.69) is 29.3 Å². The highest BCUT2D eigenvalue weighted by molar-refractivity contribution is 5.02. The van der Waals surface area contributed by atoms with Crippen molar-refractivity contribution in [3.63, 3.8) is 0 Å². The van der Waals surface area contributed by atoms with Crippen LogP contribution in [0.25, 0.3) is 0 Å². The lowest BCUT2D eigenvalue weighted by Gasteiger charge is -2.18. The van der Waals surface area contributed by atoms with Gasteiger partial charge in [-0.15, -0.1) is 0 Å². The number of aromatic nitrogens is 2. The smallest absolute Gasteiger partial charge is 0.246 e. The quantitative estimate of drug-likeness (QED) is 0.821. The molecule has 1 aromatic rings. The fraction of sp³-hybridized carbons (Fsp3) is 0.846. The lowest BCUT2D eigenvalue weighted by atomic mass is 9.99. The van der Waals surface area contributed by atoms with Crippen LogP contribution < -0.4 is 5.32 Å². The summed E-state index contributed by atoms with van der Waals surface area (Å²) in [6, 6.07) is 0. The van der Waals surface area contributed by atoms with Crippen molar-refractivity contribution in [2.24, 2.45) is 0 Å². The van der Waals surface area contributed by atoms with Gasteiger partial charge in [-0.3, -0.25) is 0 Å². The number of hydrogen-bond acceptors (Lipinski definition) is 4. The van der Waals surface area contributed by atoms with Gasteiger partial charge in [-0.1, -0.05) is 30.8 Å². The van der Waals surface area contributed by atoms with Crippen LogP contribution >= 0.6 is 0 Å². The van der Waals surface area contributed by atoms with Crippen LogP contribution in [0.4, 0.5) is 0 Å². The van der Waals surface area contributed by atoms with Crippen molar-refractivity contribution in [1.82, 2.24) is 15.5 Å². The summed E-state index contributed by atoms with van der Waals surface area (Å²) in [6.07, 6.45) is 7.71. The third-order valence-electron chi connectivity index (χ3n) is 3.82. The first kappa shape index (κ1) is 12.6. The molecule has 0 bridgehead atoms. The average molecular weight is 237 g/mol. The van der Waals surface area contributed by atoms with Gasteiger partial charge < -0.3 is 9.84 Å². The number of nitrogens with zero attached hydrogens (tertiary/aromatic N) is 2. The molecule has 1 heterocycles. The molecule has 1 aliphatic carbocycles. The van der Waals surface area contributed by atoms with Crippen LogP contribution in [0.1, 0.15) is 70.0 Å². The molecule has 0 radical (unpaired) electrons. The second-order valence-corrected chi connectivity index (χ2v) is 5.52. The monoisotopic (exact) mass is 237 g/mol. The van der Waals surface area contributed by atoms with E-state index < -0.39 is 0 Å². The maximum absolute atomic E-state index is 5.39. The second kappa shape index (κ2) is 5.17. The summed E-state index contributed by atoms with van der Waals surface area (Å²) in [6.45, 7) is 4.11. The molecule has 0 aliphatic heterocycles. The Morgan fingerprint density at radius 2 is 1.82 bits per heavy atom. The van der Waals surface area contributed by atoms with Gasteiger partial charge in [0.15, 0.2) is 5.82 Å². The molecule has 1 saturated carbocycles. The highest BCUT2D eigenvalue weighted by Crippen LogP contribution is 2.30. The van der Waals surface area contributed by atoms with Gasteiger partial charge in [-0.05, 0) is 33.7 Å². The van der Waals surface area contributed by atoms with Crippen LogP contribution in [0.3, 0.4) is 0 Å². The SMILES string of the molecule is CNC(C)(C)c1nc(C2CCCCCC2)no1. The third-order valence-corrected chi connectivity index (χ3v) is 3.82. The molecule has 1 aromatic heterocycles. The zero-order chi connectivity index (χ0) is 12.3. The minimum atomic E-state index is -0.240. The zero-order valence-electron chi connectivity index (χ0n) is 11.1. The first-order valence-electron chi connectivity index (χ1n) is 6.66. The Kier molecular flexibility index (Phi) is 3.82. The van der Waals surface area contributed by atoms with Crippen molar-refractivity contribution >= 4 is 0 Å². The van der Waals surface area contributed by atoms with E-state index >= 15 is 0 Å². The van der Waals surface area contributed by atoms with E-state index in [0.29, 0.717) is 11.8 Å². The predicted molar refractivity (Wildman–Crippen MR) is 66.8 cm³/mol. The Morgan fingerprint density at radius 3 is 2.41 bits per heavy atom. The molecule has 0 unspecified atom stereocenters. The standard InChI is InChI=1S/C13H23N3O/c1-13(2,14-3)12-15-11(16-17-12)10-8-6-4-5-7-9-10/h10,14H,4-9H2,1-3H3. The fourth-order valence-electron chi connectivity index (χ4n) is 2.30. The van der Waals surface area contributed by atoms with Gasteiger partial charge in [-0.25, -0.2) is 0 Å². The van der Waals surface area contributed by atoms with E-state index in [0.717, 1.165) is 5.82 Å². The Morgan fingerprint density at radius 1 is 1.18 bits per heavy atom. The van der Waals surface area contributed by atoms with Crippen LogP contribution in [-0.2, 0) is 5.54 Å². The number of rotatable bonds is 3. The molecule has 17 heavy (non-hydrogen) atoms. The van der Waals surface area contributed by atoms with E-state index in [-0.39, 0.29) is 5.54 Å². The van der Waals surface area contributed by atoms with E-state index in [4.69, 9.17) is 4.52 Å². The lowest BCUT2D eigenvalue weighted by molar-refractivity contribution is 0.278. The van der Waals surface area contributed by atoms with Gasteiger partial charge in [0.2, 0.25) is 5.89 Å². The van der Waals surface area contributed by atoms with E-state index in [1.807, 2.05) is 7.05 Å². The molecule has 1 aliphatic rings. The van der Waals surface area contributed by atoms with Crippen molar-refractivity contribution in [2.75, 3.05) is 7.05 Å². The Labute approximate surface area is 103 Å². The van der Waals surface area contributed by atoms with Gasteiger partial charge in [-0.2, -0.15) is 4.98 Å². The molecule has 0 saturated heterocycles. The molecule has 2 rings (SSSR count). The topological polar surface area (TPSA) is 51.0 Å². The zero-order valence-corrected chi connectivity index (χ0v) is 11.1. The number of hydrogen-bond donors (Lipinski definition) is 1. The van der Waals surface area contributed by atoms with Crippen molar-refractivity contribution in [3.05, 3.63) is 11.7 Å². The highest BCUT2D eigenvalue weighted by Gasteiger charge is 2.27. The van der Waals surface area contributed by atoms with E-state index in [9.17, 15) is 0 Å². The third kappa shape index (κ3) is 2.86. The second-order valence-electron chi connectivity index (χ2n) is 5.52. The first-order chi connectivity index (χ1) is 8.13. The molecule has 4 heteroatoms. The predicted octanol–water partition coefficient (Wildman–Crippen LogP) is 2.96. The summed E-state index contributed by atoms with van der Waals surface area (Å²) in [5.74, 6) is 2.10. The maximum Gasteiger partial charge on any atom is 0.246 e. The number of nitrogens with one attached hydrogen (secondary N) is 1. The van der Waals surface area contributed by atoms with Crippen LogP contribution in [-0.4, -0.2) is 17.2 Å². The summed E-state index contributed by atoms with van der Waals surface area (Å²) < 4.78 is 5.39. The largest absolute Gasteiger partial charge is 0.337 e. The van der Waals surface area contributed by atoms with Gasteiger partial charge in [0.05, 0.1) is 5.54 Å². The summed E-state index contributed by atoms with van der Waals surface area (Å²) in [7, 11) is 1.91. The van der Waals surface area contributed by atoms with Gasteiger partial charge >= 0.3 is 0 Å². The van der Waals surface area contributed by atoms with Crippen molar-refractivity contribution in [3.8, 4) is 0 Å². The molecule has 1 N–H and O–H groups in total. The molecule has 0 amide bonds. The summed E-state index contributed by atoms with van der Waals surface area (Å²) in [5, 5.41) is 7.36. The normalized spacial score (nSPS) is 19.2. The fourth-order valence-corrected chi connectivity index (χ4v) is 2.30. The molecule has 0 atom stereocenters. The van der Waals surface area contributed by atoms with Crippen LogP contribution in [0.15, 0.2) is 4.52 Å². The van der Waals surface area contributed by atoms with E-state index in [1.54, 1.807) is 0 Å². The maximum atomic E-state index is 5.39. The Balaban J connectivity index is 2.11. The van der Waals surface area contributed by atoms with Crippen molar-refractivity contribution in [1.29, 1.82) is 0 Å². The first-order valence-corrected chi connectivity index (χ1v) is 6.66. The summed E-state index contributed by atoms with van der Waals surface area (Å²) in [5.41, 5.74) is -0.240.